The van der Waals surface area contributed by atoms with Gasteiger partial charge in [0.25, 0.3) is 5.91 Å². The summed E-state index contributed by atoms with van der Waals surface area (Å²) >= 11 is 0. The Morgan fingerprint density at radius 3 is 2.22 bits per heavy atom. The first kappa shape index (κ1) is 20.4. The van der Waals surface area contributed by atoms with E-state index in [1.54, 1.807) is 31.2 Å². The molecule has 2 amide bonds. The number of rotatable bonds is 9. The Hall–Kier alpha value is -2.95. The van der Waals surface area contributed by atoms with Crippen LogP contribution < -0.4 is 10.7 Å². The van der Waals surface area contributed by atoms with E-state index in [-0.39, 0.29) is 11.8 Å². The van der Waals surface area contributed by atoms with Crippen molar-refractivity contribution in [3.05, 3.63) is 65.7 Å². The van der Waals surface area contributed by atoms with Crippen molar-refractivity contribution >= 4 is 23.2 Å². The van der Waals surface area contributed by atoms with Gasteiger partial charge in [0.05, 0.1) is 5.71 Å². The molecular weight excluding hydrogens is 338 g/mol. The van der Waals surface area contributed by atoms with Gasteiger partial charge in [-0.3, -0.25) is 9.59 Å². The zero-order chi connectivity index (χ0) is 19.5. The van der Waals surface area contributed by atoms with Crippen LogP contribution >= 0.6 is 0 Å². The number of hydrazone groups is 1. The fourth-order valence-corrected chi connectivity index (χ4v) is 2.57. The van der Waals surface area contributed by atoms with Gasteiger partial charge < -0.3 is 5.32 Å². The highest BCUT2D eigenvalue weighted by Crippen LogP contribution is 2.11. The molecule has 0 radical (unpaired) electrons. The molecule has 2 rings (SSSR count). The second-order valence-corrected chi connectivity index (χ2v) is 6.30. The first-order valence-corrected chi connectivity index (χ1v) is 9.46. The molecule has 5 nitrogen and oxygen atoms in total. The molecule has 0 aliphatic carbocycles. The highest BCUT2D eigenvalue weighted by atomic mass is 16.2. The van der Waals surface area contributed by atoms with Crippen molar-refractivity contribution in [3.8, 4) is 0 Å². The van der Waals surface area contributed by atoms with E-state index in [2.05, 4.69) is 22.8 Å². The van der Waals surface area contributed by atoms with E-state index >= 15 is 0 Å². The number of amides is 2. The van der Waals surface area contributed by atoms with Crippen LogP contribution in [-0.2, 0) is 4.79 Å². The molecule has 2 aromatic rings. The summed E-state index contributed by atoms with van der Waals surface area (Å²) in [5.41, 5.74) is 5.72. The highest BCUT2D eigenvalue weighted by Gasteiger charge is 2.08. The number of unbranched alkanes of at least 4 members (excludes halogenated alkanes) is 2. The van der Waals surface area contributed by atoms with E-state index in [4.69, 9.17) is 0 Å². The highest BCUT2D eigenvalue weighted by molar-refractivity contribution is 6.02. The molecule has 2 aromatic carbocycles. The molecule has 0 aromatic heterocycles. The second-order valence-electron chi connectivity index (χ2n) is 6.30. The van der Waals surface area contributed by atoms with E-state index in [1.807, 2.05) is 30.3 Å². The van der Waals surface area contributed by atoms with Crippen molar-refractivity contribution in [2.75, 3.05) is 5.32 Å². The van der Waals surface area contributed by atoms with Crippen molar-refractivity contribution in [2.24, 2.45) is 5.10 Å². The Balaban J connectivity index is 2.05. The van der Waals surface area contributed by atoms with Crippen molar-refractivity contribution in [1.82, 2.24) is 5.43 Å². The van der Waals surface area contributed by atoms with Crippen LogP contribution in [0.25, 0.3) is 0 Å². The van der Waals surface area contributed by atoms with Crippen LogP contribution in [0.15, 0.2) is 59.7 Å². The quantitative estimate of drug-likeness (QED) is 0.382. The number of nitrogens with zero attached hydrogens (tertiary/aromatic N) is 1. The number of nitrogens with one attached hydrogen (secondary N) is 2. The lowest BCUT2D eigenvalue weighted by Crippen LogP contribution is -2.20. The molecule has 0 saturated heterocycles. The second kappa shape index (κ2) is 10.9. The molecule has 0 heterocycles. The fourth-order valence-electron chi connectivity index (χ4n) is 2.57. The van der Waals surface area contributed by atoms with Gasteiger partial charge in [-0.15, -0.1) is 0 Å². The molecular formula is C22H27N3O2. The Bertz CT molecular complexity index is 768. The summed E-state index contributed by atoms with van der Waals surface area (Å²) < 4.78 is 0. The van der Waals surface area contributed by atoms with Crippen molar-refractivity contribution in [1.29, 1.82) is 0 Å². The molecule has 0 unspecified atom stereocenters. The maximum atomic E-state index is 12.4. The Morgan fingerprint density at radius 2 is 1.59 bits per heavy atom. The zero-order valence-electron chi connectivity index (χ0n) is 16.0. The smallest absolute Gasteiger partial charge is 0.271 e. The predicted molar refractivity (Wildman–Crippen MR) is 110 cm³/mol. The predicted octanol–water partition coefficient (Wildman–Crippen LogP) is 4.75. The van der Waals surface area contributed by atoms with Gasteiger partial charge in [-0.2, -0.15) is 5.10 Å². The fraction of sp³-hybridized carbons (Fsp3) is 0.318. The van der Waals surface area contributed by atoms with Gasteiger partial charge in [-0.05, 0) is 42.7 Å². The minimum Gasteiger partial charge on any atom is -0.326 e. The van der Waals surface area contributed by atoms with Crippen molar-refractivity contribution in [3.63, 3.8) is 0 Å². The third kappa shape index (κ3) is 6.70. The molecule has 0 atom stereocenters. The molecule has 0 bridgehead atoms. The minimum absolute atomic E-state index is 0.0589. The monoisotopic (exact) mass is 365 g/mol. The number of anilines is 1. The van der Waals surface area contributed by atoms with Gasteiger partial charge in [-0.1, -0.05) is 57.0 Å². The Morgan fingerprint density at radius 1 is 0.889 bits per heavy atom. The topological polar surface area (TPSA) is 70.6 Å². The molecule has 0 fully saturated rings. The van der Waals surface area contributed by atoms with E-state index in [1.165, 1.54) is 0 Å². The van der Waals surface area contributed by atoms with Crippen LogP contribution in [-0.4, -0.2) is 17.5 Å². The lowest BCUT2D eigenvalue weighted by molar-refractivity contribution is -0.115. The molecule has 0 spiro atoms. The van der Waals surface area contributed by atoms with Gasteiger partial charge in [0, 0.05) is 17.7 Å². The third-order valence-corrected chi connectivity index (χ3v) is 4.17. The molecule has 27 heavy (non-hydrogen) atoms. The van der Waals surface area contributed by atoms with Gasteiger partial charge in [0.2, 0.25) is 5.91 Å². The summed E-state index contributed by atoms with van der Waals surface area (Å²) in [6, 6.07) is 16.7. The average Bonchev–Trinajstić information content (AvgIpc) is 2.71. The zero-order valence-corrected chi connectivity index (χ0v) is 16.0. The lowest BCUT2D eigenvalue weighted by atomic mass is 10.0. The number of carbonyl (C=O) groups is 2. The number of carbonyl (C=O) groups excluding carboxylic acids is 2. The van der Waals surface area contributed by atoms with Crippen LogP contribution in [0.1, 0.15) is 61.9 Å². The maximum absolute atomic E-state index is 12.4. The van der Waals surface area contributed by atoms with E-state index in [9.17, 15) is 9.59 Å². The molecule has 142 valence electrons. The molecule has 5 heteroatoms. The number of hydrogen-bond acceptors (Lipinski definition) is 3. The summed E-state index contributed by atoms with van der Waals surface area (Å²) in [4.78, 5) is 23.8. The lowest BCUT2D eigenvalue weighted by Gasteiger charge is -2.08. The largest absolute Gasteiger partial charge is 0.326 e. The van der Waals surface area contributed by atoms with Crippen LogP contribution in [0.2, 0.25) is 0 Å². The summed E-state index contributed by atoms with van der Waals surface area (Å²) in [5.74, 6) is -0.330. The van der Waals surface area contributed by atoms with Crippen LogP contribution in [0.5, 0.6) is 0 Å². The van der Waals surface area contributed by atoms with Crippen LogP contribution in [0.4, 0.5) is 5.69 Å². The van der Waals surface area contributed by atoms with Gasteiger partial charge >= 0.3 is 0 Å². The SMILES string of the molecule is CCCCC/C(=N/NC(=O)c1ccc(NC(=O)CC)cc1)c1ccccc1. The molecule has 0 aliphatic rings. The van der Waals surface area contributed by atoms with Gasteiger partial charge in [0.15, 0.2) is 0 Å². The summed E-state index contributed by atoms with van der Waals surface area (Å²) in [6.07, 6.45) is 4.53. The molecule has 0 aliphatic heterocycles. The van der Waals surface area contributed by atoms with E-state index < -0.39 is 0 Å². The summed E-state index contributed by atoms with van der Waals surface area (Å²) in [6.45, 7) is 3.95. The Kier molecular flexibility index (Phi) is 8.23. The van der Waals surface area contributed by atoms with Crippen LogP contribution in [0.3, 0.4) is 0 Å². The summed E-state index contributed by atoms with van der Waals surface area (Å²) in [5, 5.41) is 7.13. The van der Waals surface area contributed by atoms with Crippen molar-refractivity contribution in [2.45, 2.75) is 46.0 Å². The van der Waals surface area contributed by atoms with Gasteiger partial charge in [-0.25, -0.2) is 5.43 Å². The molecule has 0 saturated carbocycles. The van der Waals surface area contributed by atoms with E-state index in [0.717, 1.165) is 37.0 Å². The van der Waals surface area contributed by atoms with E-state index in [0.29, 0.717) is 17.7 Å². The number of hydrogen-bond donors (Lipinski definition) is 2. The Labute approximate surface area is 160 Å². The first-order valence-electron chi connectivity index (χ1n) is 9.46. The van der Waals surface area contributed by atoms with Crippen LogP contribution in [0, 0.1) is 0 Å². The maximum Gasteiger partial charge on any atom is 0.271 e. The normalized spacial score (nSPS) is 11.1. The standard InChI is InChI=1S/C22H27N3O2/c1-3-5-7-12-20(17-10-8-6-9-11-17)24-25-22(27)18-13-15-19(16-14-18)23-21(26)4-2/h6,8-11,13-16H,3-5,7,12H2,1-2H3,(H,23,26)(H,25,27)/b24-20-. The number of benzene rings is 2. The average molecular weight is 365 g/mol. The first-order chi connectivity index (χ1) is 13.1. The minimum atomic E-state index is -0.271. The van der Waals surface area contributed by atoms with Gasteiger partial charge in [0.1, 0.15) is 0 Å². The molecule has 2 N–H and O–H groups in total. The summed E-state index contributed by atoms with van der Waals surface area (Å²) in [7, 11) is 0. The van der Waals surface area contributed by atoms with Crippen molar-refractivity contribution < 1.29 is 9.59 Å². The third-order valence-electron chi connectivity index (χ3n) is 4.17.